The number of benzene rings is 1. The molecule has 0 saturated carbocycles. The molecule has 0 amide bonds. The second-order valence-electron chi connectivity index (χ2n) is 4.06. The average Bonchev–Trinajstić information content (AvgIpc) is 2.59. The van der Waals surface area contributed by atoms with E-state index in [0.717, 1.165) is 16.7 Å². The maximum absolute atomic E-state index is 8.86. The molecule has 3 nitrogen and oxygen atoms in total. The van der Waals surface area contributed by atoms with Gasteiger partial charge in [0.25, 0.3) is 0 Å². The van der Waals surface area contributed by atoms with Gasteiger partial charge in [-0.05, 0) is 47.8 Å². The Labute approximate surface area is 108 Å². The van der Waals surface area contributed by atoms with E-state index < -0.39 is 0 Å². The van der Waals surface area contributed by atoms with Crippen LogP contribution in [0.15, 0.2) is 21.1 Å². The number of aromatic nitrogens is 1. The number of nitriles is 1. The van der Waals surface area contributed by atoms with Gasteiger partial charge < -0.3 is 4.52 Å². The lowest BCUT2D eigenvalue weighted by atomic mass is 9.98. The predicted molar refractivity (Wildman–Crippen MR) is 68.6 cm³/mol. The molecule has 4 heteroatoms. The molecule has 0 spiro atoms. The van der Waals surface area contributed by atoms with Crippen LogP contribution in [0, 0.1) is 32.1 Å². The van der Waals surface area contributed by atoms with Crippen molar-refractivity contribution in [3.63, 3.8) is 0 Å². The first-order valence-corrected chi connectivity index (χ1v) is 5.97. The van der Waals surface area contributed by atoms with Gasteiger partial charge in [0, 0.05) is 5.56 Å². The van der Waals surface area contributed by atoms with Gasteiger partial charge in [-0.3, -0.25) is 0 Å². The molecule has 1 aromatic carbocycles. The predicted octanol–water partition coefficient (Wildman–Crippen LogP) is 3.90. The summed E-state index contributed by atoms with van der Waals surface area (Å²) in [5.74, 6) is 0.622. The van der Waals surface area contributed by atoms with E-state index in [1.165, 1.54) is 5.56 Å². The summed E-state index contributed by atoms with van der Waals surface area (Å²) in [6.45, 7) is 6.10. The van der Waals surface area contributed by atoms with E-state index in [-0.39, 0.29) is 5.69 Å². The monoisotopic (exact) mass is 290 g/mol. The van der Waals surface area contributed by atoms with Crippen molar-refractivity contribution in [1.29, 1.82) is 5.26 Å². The molecule has 0 bridgehead atoms. The third kappa shape index (κ3) is 1.98. The Morgan fingerprint density at radius 3 is 2.29 bits per heavy atom. The van der Waals surface area contributed by atoms with Gasteiger partial charge in [0.15, 0.2) is 11.5 Å². The summed E-state index contributed by atoms with van der Waals surface area (Å²) in [4.78, 5) is 0. The lowest BCUT2D eigenvalue weighted by Gasteiger charge is -2.08. The van der Waals surface area contributed by atoms with Gasteiger partial charge in [-0.25, -0.2) is 0 Å². The topological polar surface area (TPSA) is 49.8 Å². The van der Waals surface area contributed by atoms with E-state index in [1.807, 2.05) is 19.9 Å². The molecule has 0 aliphatic rings. The second kappa shape index (κ2) is 4.34. The first kappa shape index (κ1) is 11.9. The van der Waals surface area contributed by atoms with Gasteiger partial charge in [-0.1, -0.05) is 22.9 Å². The largest absolute Gasteiger partial charge is 0.354 e. The van der Waals surface area contributed by atoms with Crippen molar-refractivity contribution >= 4 is 15.9 Å². The van der Waals surface area contributed by atoms with Crippen LogP contribution in [0.3, 0.4) is 0 Å². The zero-order chi connectivity index (χ0) is 12.6. The SMILES string of the molecule is Cc1cc(C)c(-c2onc(C#N)c2Br)c(C)c1. The average molecular weight is 291 g/mol. The second-order valence-corrected chi connectivity index (χ2v) is 4.85. The van der Waals surface area contributed by atoms with Crippen molar-refractivity contribution in [2.24, 2.45) is 0 Å². The molecule has 2 rings (SSSR count). The van der Waals surface area contributed by atoms with Crippen molar-refractivity contribution in [1.82, 2.24) is 5.16 Å². The summed E-state index contributed by atoms with van der Waals surface area (Å²) in [5.41, 5.74) is 4.71. The fourth-order valence-corrected chi connectivity index (χ4v) is 2.47. The van der Waals surface area contributed by atoms with E-state index in [2.05, 4.69) is 40.1 Å². The van der Waals surface area contributed by atoms with Crippen LogP contribution in [0.2, 0.25) is 0 Å². The molecule has 0 atom stereocenters. The third-order valence-corrected chi connectivity index (χ3v) is 3.38. The molecule has 17 heavy (non-hydrogen) atoms. The van der Waals surface area contributed by atoms with Crippen molar-refractivity contribution in [3.05, 3.63) is 39.0 Å². The molecule has 2 aromatic rings. The van der Waals surface area contributed by atoms with Gasteiger partial charge >= 0.3 is 0 Å². The van der Waals surface area contributed by atoms with E-state index >= 15 is 0 Å². The quantitative estimate of drug-likeness (QED) is 0.800. The summed E-state index contributed by atoms with van der Waals surface area (Å²) >= 11 is 3.36. The van der Waals surface area contributed by atoms with Gasteiger partial charge in [0.1, 0.15) is 10.5 Å². The number of aryl methyl sites for hydroxylation is 3. The zero-order valence-corrected chi connectivity index (χ0v) is 11.4. The van der Waals surface area contributed by atoms with Crippen LogP contribution in [0.1, 0.15) is 22.4 Å². The fourth-order valence-electron chi connectivity index (χ4n) is 2.04. The Morgan fingerprint density at radius 1 is 1.24 bits per heavy atom. The summed E-state index contributed by atoms with van der Waals surface area (Å²) < 4.78 is 5.87. The third-order valence-electron chi connectivity index (χ3n) is 2.65. The molecule has 0 radical (unpaired) electrons. The lowest BCUT2D eigenvalue weighted by Crippen LogP contribution is -1.89. The summed E-state index contributed by atoms with van der Waals surface area (Å²) in [7, 11) is 0. The number of hydrogen-bond donors (Lipinski definition) is 0. The Bertz CT molecular complexity index is 600. The van der Waals surface area contributed by atoms with Crippen LogP contribution in [-0.4, -0.2) is 5.16 Å². The molecule has 0 N–H and O–H groups in total. The molecule has 0 fully saturated rings. The summed E-state index contributed by atoms with van der Waals surface area (Å²) in [6, 6.07) is 6.16. The van der Waals surface area contributed by atoms with Crippen molar-refractivity contribution < 1.29 is 4.52 Å². The van der Waals surface area contributed by atoms with E-state index in [9.17, 15) is 0 Å². The van der Waals surface area contributed by atoms with Crippen LogP contribution in [0.5, 0.6) is 0 Å². The number of hydrogen-bond acceptors (Lipinski definition) is 3. The van der Waals surface area contributed by atoms with Crippen LogP contribution in [-0.2, 0) is 0 Å². The standard InChI is InChI=1S/C13H11BrN2O/c1-7-4-8(2)11(9(3)5-7)13-12(14)10(6-15)16-17-13/h4-5H,1-3H3. The molecule has 1 aromatic heterocycles. The van der Waals surface area contributed by atoms with Gasteiger partial charge in [0.05, 0.1) is 0 Å². The number of halogens is 1. The minimum atomic E-state index is 0.277. The van der Waals surface area contributed by atoms with Crippen molar-refractivity contribution in [3.8, 4) is 17.4 Å². The van der Waals surface area contributed by atoms with Crippen LogP contribution in [0.4, 0.5) is 0 Å². The lowest BCUT2D eigenvalue weighted by molar-refractivity contribution is 0.429. The van der Waals surface area contributed by atoms with E-state index in [0.29, 0.717) is 10.2 Å². The molecule has 86 valence electrons. The van der Waals surface area contributed by atoms with Gasteiger partial charge in [0.2, 0.25) is 0 Å². The molecule has 1 heterocycles. The molecular weight excluding hydrogens is 280 g/mol. The number of nitrogens with zero attached hydrogens (tertiary/aromatic N) is 2. The van der Waals surface area contributed by atoms with E-state index in [1.54, 1.807) is 0 Å². The Morgan fingerprint density at radius 2 is 1.82 bits per heavy atom. The highest BCUT2D eigenvalue weighted by Crippen LogP contribution is 2.35. The highest BCUT2D eigenvalue weighted by atomic mass is 79.9. The van der Waals surface area contributed by atoms with Gasteiger partial charge in [-0.2, -0.15) is 5.26 Å². The van der Waals surface area contributed by atoms with Gasteiger partial charge in [-0.15, -0.1) is 0 Å². The fraction of sp³-hybridized carbons (Fsp3) is 0.231. The van der Waals surface area contributed by atoms with Crippen LogP contribution >= 0.6 is 15.9 Å². The first-order chi connectivity index (χ1) is 8.04. The van der Waals surface area contributed by atoms with Crippen LogP contribution in [0.25, 0.3) is 11.3 Å². The van der Waals surface area contributed by atoms with Crippen molar-refractivity contribution in [2.45, 2.75) is 20.8 Å². The summed E-state index contributed by atoms with van der Waals surface area (Å²) in [6.07, 6.45) is 0. The zero-order valence-electron chi connectivity index (χ0n) is 9.84. The minimum Gasteiger partial charge on any atom is -0.354 e. The minimum absolute atomic E-state index is 0.277. The highest BCUT2D eigenvalue weighted by molar-refractivity contribution is 9.10. The smallest absolute Gasteiger partial charge is 0.198 e. The molecule has 0 aliphatic heterocycles. The van der Waals surface area contributed by atoms with E-state index in [4.69, 9.17) is 9.78 Å². The molecular formula is C13H11BrN2O. The Kier molecular flexibility index (Phi) is 3.03. The molecule has 0 saturated heterocycles. The maximum Gasteiger partial charge on any atom is 0.198 e. The summed E-state index contributed by atoms with van der Waals surface area (Å²) in [5, 5.41) is 12.6. The van der Waals surface area contributed by atoms with Crippen LogP contribution < -0.4 is 0 Å². The normalized spacial score (nSPS) is 10.3. The molecule has 0 aliphatic carbocycles. The Balaban J connectivity index is 2.69. The molecule has 0 unspecified atom stereocenters. The van der Waals surface area contributed by atoms with Crippen molar-refractivity contribution in [2.75, 3.05) is 0 Å². The maximum atomic E-state index is 8.86. The highest BCUT2D eigenvalue weighted by Gasteiger charge is 2.18. The Hall–Kier alpha value is -1.60. The number of rotatable bonds is 1. The first-order valence-electron chi connectivity index (χ1n) is 5.18.